The smallest absolute Gasteiger partial charge is 0.272 e. The summed E-state index contributed by atoms with van der Waals surface area (Å²) in [5.41, 5.74) is 1.34. The maximum atomic E-state index is 13.2. The second-order valence-corrected chi connectivity index (χ2v) is 5.15. The highest BCUT2D eigenvalue weighted by Crippen LogP contribution is 2.28. The number of H-pyrrole nitrogens is 1. The summed E-state index contributed by atoms with van der Waals surface area (Å²) in [5.74, 6) is -0.227. The van der Waals surface area contributed by atoms with E-state index in [0.717, 1.165) is 5.39 Å². The summed E-state index contributed by atoms with van der Waals surface area (Å²) in [6, 6.07) is 10.9. The zero-order chi connectivity index (χ0) is 15.7. The van der Waals surface area contributed by atoms with Crippen LogP contribution in [0.4, 0.5) is 10.1 Å². The number of aromatic amines is 1. The van der Waals surface area contributed by atoms with Gasteiger partial charge in [0, 0.05) is 15.9 Å². The molecule has 0 radical (unpaired) electrons. The number of benzene rings is 2. The first-order valence-electron chi connectivity index (χ1n) is 6.50. The Morgan fingerprint density at radius 3 is 2.82 bits per heavy atom. The zero-order valence-corrected chi connectivity index (χ0v) is 12.4. The first-order chi connectivity index (χ1) is 10.6. The van der Waals surface area contributed by atoms with Gasteiger partial charge in [0.2, 0.25) is 0 Å². The lowest BCUT2D eigenvalue weighted by Crippen LogP contribution is -2.13. The highest BCUT2D eigenvalue weighted by molar-refractivity contribution is 6.31. The normalized spacial score (nSPS) is 10.7. The van der Waals surface area contributed by atoms with Crippen LogP contribution in [-0.2, 0) is 0 Å². The molecule has 1 aromatic heterocycles. The fourth-order valence-electron chi connectivity index (χ4n) is 2.19. The molecule has 0 aliphatic carbocycles. The summed E-state index contributed by atoms with van der Waals surface area (Å²) in [6.07, 6.45) is 0. The SMILES string of the molecule is COc1ccc(Cl)cc1NC(=O)c1cc2ccc(F)cc2[nH]1. The Kier molecular flexibility index (Phi) is 3.73. The summed E-state index contributed by atoms with van der Waals surface area (Å²) in [5, 5.41) is 3.96. The molecule has 22 heavy (non-hydrogen) atoms. The Bertz CT molecular complexity index is 860. The van der Waals surface area contributed by atoms with Crippen molar-refractivity contribution in [3.8, 4) is 5.75 Å². The topological polar surface area (TPSA) is 54.1 Å². The molecule has 3 aromatic rings. The number of hydrogen-bond acceptors (Lipinski definition) is 2. The van der Waals surface area contributed by atoms with Crippen molar-refractivity contribution in [3.63, 3.8) is 0 Å². The molecule has 6 heteroatoms. The molecule has 0 aliphatic rings. The highest BCUT2D eigenvalue weighted by atomic mass is 35.5. The van der Waals surface area contributed by atoms with Crippen LogP contribution in [0.15, 0.2) is 42.5 Å². The van der Waals surface area contributed by atoms with Crippen LogP contribution in [0.5, 0.6) is 5.75 Å². The predicted octanol–water partition coefficient (Wildman–Crippen LogP) is 4.22. The van der Waals surface area contributed by atoms with Gasteiger partial charge >= 0.3 is 0 Å². The molecule has 1 heterocycles. The molecule has 2 N–H and O–H groups in total. The van der Waals surface area contributed by atoms with Gasteiger partial charge in [-0.1, -0.05) is 11.6 Å². The fourth-order valence-corrected chi connectivity index (χ4v) is 2.36. The second kappa shape index (κ2) is 5.69. The molecule has 0 aliphatic heterocycles. The van der Waals surface area contributed by atoms with Gasteiger partial charge in [-0.15, -0.1) is 0 Å². The third-order valence-electron chi connectivity index (χ3n) is 3.24. The molecule has 0 unspecified atom stereocenters. The standard InChI is InChI=1S/C16H12ClFN2O2/c1-22-15-5-3-10(17)7-13(15)20-16(21)14-6-9-2-4-11(18)8-12(9)19-14/h2-8,19H,1H3,(H,20,21). The van der Waals surface area contributed by atoms with E-state index in [1.807, 2.05) is 0 Å². The molecule has 0 bridgehead atoms. The van der Waals surface area contributed by atoms with Crippen LogP contribution in [0.2, 0.25) is 5.02 Å². The molecule has 3 rings (SSSR count). The van der Waals surface area contributed by atoms with E-state index in [4.69, 9.17) is 16.3 Å². The van der Waals surface area contributed by atoms with Gasteiger partial charge in [0.1, 0.15) is 17.3 Å². The van der Waals surface area contributed by atoms with Crippen LogP contribution in [0.1, 0.15) is 10.5 Å². The predicted molar refractivity (Wildman–Crippen MR) is 84.2 cm³/mol. The number of halogens is 2. The van der Waals surface area contributed by atoms with Gasteiger partial charge < -0.3 is 15.0 Å². The fraction of sp³-hybridized carbons (Fsp3) is 0.0625. The van der Waals surface area contributed by atoms with E-state index in [2.05, 4.69) is 10.3 Å². The lowest BCUT2D eigenvalue weighted by atomic mass is 10.2. The van der Waals surface area contributed by atoms with Crippen LogP contribution in [-0.4, -0.2) is 18.0 Å². The minimum atomic E-state index is -0.364. The van der Waals surface area contributed by atoms with Crippen molar-refractivity contribution < 1.29 is 13.9 Å². The third-order valence-corrected chi connectivity index (χ3v) is 3.47. The van der Waals surface area contributed by atoms with Crippen LogP contribution < -0.4 is 10.1 Å². The minimum Gasteiger partial charge on any atom is -0.495 e. The minimum absolute atomic E-state index is 0.322. The van der Waals surface area contributed by atoms with Crippen molar-refractivity contribution in [2.45, 2.75) is 0 Å². The Morgan fingerprint density at radius 1 is 1.23 bits per heavy atom. The number of methoxy groups -OCH3 is 1. The molecule has 4 nitrogen and oxygen atoms in total. The molecule has 0 saturated carbocycles. The second-order valence-electron chi connectivity index (χ2n) is 4.71. The first kappa shape index (κ1) is 14.4. The van der Waals surface area contributed by atoms with Crippen molar-refractivity contribution in [1.29, 1.82) is 0 Å². The summed E-state index contributed by atoms with van der Waals surface area (Å²) < 4.78 is 18.4. The molecule has 0 spiro atoms. The summed E-state index contributed by atoms with van der Waals surface area (Å²) in [6.45, 7) is 0. The molecule has 0 fully saturated rings. The van der Waals surface area contributed by atoms with Crippen LogP contribution >= 0.6 is 11.6 Å². The van der Waals surface area contributed by atoms with Crippen molar-refractivity contribution >= 4 is 34.1 Å². The zero-order valence-electron chi connectivity index (χ0n) is 11.6. The van der Waals surface area contributed by atoms with Gasteiger partial charge in [0.25, 0.3) is 5.91 Å². The number of fused-ring (bicyclic) bond motifs is 1. The van der Waals surface area contributed by atoms with Crippen molar-refractivity contribution in [2.75, 3.05) is 12.4 Å². The Labute approximate surface area is 130 Å². The number of nitrogens with one attached hydrogen (secondary N) is 2. The number of anilines is 1. The number of rotatable bonds is 3. The molecular weight excluding hydrogens is 307 g/mol. The van der Waals surface area contributed by atoms with Crippen molar-refractivity contribution in [3.05, 3.63) is 59.0 Å². The molecular formula is C16H12ClFN2O2. The average Bonchev–Trinajstić information content (AvgIpc) is 2.90. The van der Waals surface area contributed by atoms with Gasteiger partial charge in [-0.3, -0.25) is 4.79 Å². The quantitative estimate of drug-likeness (QED) is 0.759. The molecule has 0 atom stereocenters. The van der Waals surface area contributed by atoms with E-state index in [1.165, 1.54) is 19.2 Å². The monoisotopic (exact) mass is 318 g/mol. The van der Waals surface area contributed by atoms with Crippen LogP contribution in [0, 0.1) is 5.82 Å². The summed E-state index contributed by atoms with van der Waals surface area (Å²) in [4.78, 5) is 15.2. The van der Waals surface area contributed by atoms with Crippen molar-refractivity contribution in [2.24, 2.45) is 0 Å². The molecule has 2 aromatic carbocycles. The van der Waals surface area contributed by atoms with E-state index >= 15 is 0 Å². The van der Waals surface area contributed by atoms with Gasteiger partial charge in [0.15, 0.2) is 0 Å². The van der Waals surface area contributed by atoms with Gasteiger partial charge in [-0.25, -0.2) is 4.39 Å². The van der Waals surface area contributed by atoms with E-state index < -0.39 is 0 Å². The lowest BCUT2D eigenvalue weighted by Gasteiger charge is -2.09. The van der Waals surface area contributed by atoms with Crippen LogP contribution in [0.3, 0.4) is 0 Å². The lowest BCUT2D eigenvalue weighted by molar-refractivity contribution is 0.102. The maximum absolute atomic E-state index is 13.2. The Hall–Kier alpha value is -2.53. The van der Waals surface area contributed by atoms with Crippen molar-refractivity contribution in [1.82, 2.24) is 4.98 Å². The first-order valence-corrected chi connectivity index (χ1v) is 6.88. The summed E-state index contributed by atoms with van der Waals surface area (Å²) >= 11 is 5.93. The number of ether oxygens (including phenoxy) is 1. The molecule has 112 valence electrons. The number of carbonyl (C=O) groups excluding carboxylic acids is 1. The van der Waals surface area contributed by atoms with E-state index in [9.17, 15) is 9.18 Å². The Balaban J connectivity index is 1.91. The van der Waals surface area contributed by atoms with Gasteiger partial charge in [-0.2, -0.15) is 0 Å². The van der Waals surface area contributed by atoms with Gasteiger partial charge in [-0.05, 0) is 42.5 Å². The third kappa shape index (κ3) is 2.76. The van der Waals surface area contributed by atoms with E-state index in [1.54, 1.807) is 30.3 Å². The number of amides is 1. The number of aromatic nitrogens is 1. The van der Waals surface area contributed by atoms with Gasteiger partial charge in [0.05, 0.1) is 12.8 Å². The molecule has 0 saturated heterocycles. The summed E-state index contributed by atoms with van der Waals surface area (Å²) in [7, 11) is 1.50. The molecule has 1 amide bonds. The van der Waals surface area contributed by atoms with E-state index in [0.29, 0.717) is 27.7 Å². The Morgan fingerprint density at radius 2 is 2.05 bits per heavy atom. The number of hydrogen-bond donors (Lipinski definition) is 2. The maximum Gasteiger partial charge on any atom is 0.272 e. The largest absolute Gasteiger partial charge is 0.495 e. The van der Waals surface area contributed by atoms with E-state index in [-0.39, 0.29) is 11.7 Å². The number of carbonyl (C=O) groups is 1. The highest BCUT2D eigenvalue weighted by Gasteiger charge is 2.13. The van der Waals surface area contributed by atoms with Crippen LogP contribution in [0.25, 0.3) is 10.9 Å². The average molecular weight is 319 g/mol.